The minimum Gasteiger partial charge on any atom is -0.504 e. The number of nitrogens with one attached hydrogen (secondary N) is 1. The molecule has 1 amide bonds. The fourth-order valence-corrected chi connectivity index (χ4v) is 4.13. The van der Waals surface area contributed by atoms with Crippen molar-refractivity contribution in [2.75, 3.05) is 12.3 Å². The van der Waals surface area contributed by atoms with Crippen LogP contribution in [-0.2, 0) is 16.0 Å². The number of aromatic hydroxyl groups is 2. The van der Waals surface area contributed by atoms with Gasteiger partial charge in [-0.25, -0.2) is 0 Å². The van der Waals surface area contributed by atoms with E-state index in [2.05, 4.69) is 5.32 Å². The van der Waals surface area contributed by atoms with Crippen LogP contribution < -0.4 is 5.32 Å². The number of amides is 1. The number of phenols is 2. The average molecular weight is 427 g/mol. The maximum Gasteiger partial charge on any atom is 0.245 e. The van der Waals surface area contributed by atoms with Gasteiger partial charge in [-0.1, -0.05) is 37.0 Å². The Kier molecular flexibility index (Phi) is 8.09. The van der Waals surface area contributed by atoms with Gasteiger partial charge >= 0.3 is 0 Å². The van der Waals surface area contributed by atoms with E-state index in [1.807, 2.05) is 6.92 Å². The molecule has 0 aromatic heterocycles. The molecular formula is C19H26N2O5S2. The third-order valence-electron chi connectivity index (χ3n) is 4.60. The minimum absolute atomic E-state index is 0.00954. The van der Waals surface area contributed by atoms with Gasteiger partial charge in [-0.3, -0.25) is 9.59 Å². The Morgan fingerprint density at radius 3 is 2.71 bits per heavy atom. The molecule has 1 heterocycles. The summed E-state index contributed by atoms with van der Waals surface area (Å²) < 4.78 is 0. The van der Waals surface area contributed by atoms with E-state index in [4.69, 9.17) is 12.2 Å². The highest BCUT2D eigenvalue weighted by molar-refractivity contribution is 8.13. The van der Waals surface area contributed by atoms with Crippen LogP contribution in [0.2, 0.25) is 0 Å². The quantitative estimate of drug-likeness (QED) is 0.384. The van der Waals surface area contributed by atoms with Gasteiger partial charge in [-0.15, -0.1) is 0 Å². The summed E-state index contributed by atoms with van der Waals surface area (Å²) in [5, 5.41) is 32.1. The molecule has 0 aliphatic carbocycles. The number of likely N-dealkylation sites (tertiary alicyclic amines) is 1. The summed E-state index contributed by atoms with van der Waals surface area (Å²) in [6, 6.07) is 3.18. The molecule has 1 aromatic carbocycles. The van der Waals surface area contributed by atoms with Gasteiger partial charge in [0.25, 0.3) is 0 Å². The summed E-state index contributed by atoms with van der Waals surface area (Å²) in [7, 11) is 0. The van der Waals surface area contributed by atoms with Crippen LogP contribution in [0.3, 0.4) is 0 Å². The minimum atomic E-state index is -1.05. The van der Waals surface area contributed by atoms with Gasteiger partial charge in [-0.05, 0) is 43.2 Å². The van der Waals surface area contributed by atoms with E-state index >= 15 is 0 Å². The smallest absolute Gasteiger partial charge is 0.245 e. The van der Waals surface area contributed by atoms with Crippen LogP contribution in [-0.4, -0.2) is 66.7 Å². The predicted octanol–water partition coefficient (Wildman–Crippen LogP) is 1.58. The first-order valence-corrected chi connectivity index (χ1v) is 10.6. The Hall–Kier alpha value is -1.84. The Morgan fingerprint density at radius 2 is 2.07 bits per heavy atom. The molecule has 1 aliphatic rings. The molecule has 0 saturated carbocycles. The van der Waals surface area contributed by atoms with Crippen LogP contribution in [0, 0.1) is 0 Å². The van der Waals surface area contributed by atoms with E-state index in [1.165, 1.54) is 23.9 Å². The van der Waals surface area contributed by atoms with Crippen LogP contribution >= 0.6 is 24.0 Å². The van der Waals surface area contributed by atoms with Gasteiger partial charge < -0.3 is 25.5 Å². The van der Waals surface area contributed by atoms with Crippen molar-refractivity contribution in [3.63, 3.8) is 0 Å². The van der Waals surface area contributed by atoms with Gasteiger partial charge in [0, 0.05) is 13.0 Å². The molecule has 9 heteroatoms. The highest BCUT2D eigenvalue weighted by Gasteiger charge is 2.36. The highest BCUT2D eigenvalue weighted by atomic mass is 32.2. The molecule has 3 unspecified atom stereocenters. The fourth-order valence-electron chi connectivity index (χ4n) is 3.15. The monoisotopic (exact) mass is 426 g/mol. The van der Waals surface area contributed by atoms with E-state index in [9.17, 15) is 24.9 Å². The van der Waals surface area contributed by atoms with Crippen LogP contribution in [0.15, 0.2) is 18.2 Å². The third-order valence-corrected chi connectivity index (χ3v) is 5.83. The second-order valence-electron chi connectivity index (χ2n) is 6.71. The molecular weight excluding hydrogens is 400 g/mol. The summed E-state index contributed by atoms with van der Waals surface area (Å²) in [5.74, 6) is -0.0610. The summed E-state index contributed by atoms with van der Waals surface area (Å²) in [4.78, 5) is 26.7. The number of hydrogen-bond donors (Lipinski definition) is 4. The second kappa shape index (κ2) is 10.1. The molecule has 2 rings (SSSR count). The lowest BCUT2D eigenvalue weighted by Gasteiger charge is -2.28. The Bertz CT molecular complexity index is 743. The topological polar surface area (TPSA) is 110 Å². The van der Waals surface area contributed by atoms with E-state index < -0.39 is 18.2 Å². The van der Waals surface area contributed by atoms with Crippen LogP contribution in [0.1, 0.15) is 32.3 Å². The molecule has 4 N–H and O–H groups in total. The number of thiocarbonyl (C=S) groups is 1. The van der Waals surface area contributed by atoms with Crippen molar-refractivity contribution in [3.05, 3.63) is 23.8 Å². The first-order valence-electron chi connectivity index (χ1n) is 9.21. The fraction of sp³-hybridized carbons (Fsp3) is 0.526. The Labute approximate surface area is 174 Å². The number of rotatable bonds is 7. The molecule has 7 nitrogen and oxygen atoms in total. The van der Waals surface area contributed by atoms with Crippen molar-refractivity contribution in [1.82, 2.24) is 10.2 Å². The van der Waals surface area contributed by atoms with Crippen LogP contribution in [0.4, 0.5) is 0 Å². The summed E-state index contributed by atoms with van der Waals surface area (Å²) in [5.41, 5.74) is 0.590. The lowest BCUT2D eigenvalue weighted by atomic mass is 10.1. The molecule has 1 aliphatic heterocycles. The molecule has 3 atom stereocenters. The van der Waals surface area contributed by atoms with Gasteiger partial charge in [0.2, 0.25) is 11.0 Å². The van der Waals surface area contributed by atoms with Crippen molar-refractivity contribution >= 4 is 40.0 Å². The Balaban J connectivity index is 1.93. The Morgan fingerprint density at radius 1 is 1.36 bits per heavy atom. The number of thioether (sulfide) groups is 1. The van der Waals surface area contributed by atoms with Gasteiger partial charge in [0.05, 0.1) is 0 Å². The number of carbonyl (C=O) groups excluding carboxylic acids is 2. The van der Waals surface area contributed by atoms with Crippen molar-refractivity contribution in [2.24, 2.45) is 0 Å². The first kappa shape index (κ1) is 22.4. The molecule has 0 spiro atoms. The summed E-state index contributed by atoms with van der Waals surface area (Å²) in [6.07, 6.45) is 0.525. The standard InChI is InChI=1S/C19H26N2O5S2/c1-3-28-19(26)13-5-4-8-21(13)18(25)11(2)20-17(27)16(24)10-12-6-7-14(22)15(23)9-12/h6-7,9,11,13,16,22-24H,3-5,8,10H2,1-2H3,(H,20,27). The van der Waals surface area contributed by atoms with Gasteiger partial charge in [0.15, 0.2) is 11.5 Å². The highest BCUT2D eigenvalue weighted by Crippen LogP contribution is 2.26. The van der Waals surface area contributed by atoms with Crippen LogP contribution in [0.5, 0.6) is 11.5 Å². The molecule has 0 radical (unpaired) electrons. The average Bonchev–Trinajstić information content (AvgIpc) is 3.14. The zero-order valence-corrected chi connectivity index (χ0v) is 17.6. The first-order chi connectivity index (χ1) is 13.2. The molecule has 154 valence electrons. The maximum atomic E-state index is 12.8. The molecule has 1 saturated heterocycles. The summed E-state index contributed by atoms with van der Waals surface area (Å²) >= 11 is 6.44. The zero-order chi connectivity index (χ0) is 20.8. The van der Waals surface area contributed by atoms with Crippen molar-refractivity contribution < 1.29 is 24.9 Å². The third kappa shape index (κ3) is 5.59. The number of carbonyl (C=O) groups is 2. The van der Waals surface area contributed by atoms with Gasteiger partial charge in [0.1, 0.15) is 23.2 Å². The number of hydrogen-bond acceptors (Lipinski definition) is 7. The van der Waals surface area contributed by atoms with E-state index in [0.717, 1.165) is 6.42 Å². The predicted molar refractivity (Wildman–Crippen MR) is 113 cm³/mol. The van der Waals surface area contributed by atoms with E-state index in [0.29, 0.717) is 24.3 Å². The van der Waals surface area contributed by atoms with E-state index in [-0.39, 0.29) is 33.9 Å². The number of nitrogens with zero attached hydrogens (tertiary/aromatic N) is 1. The molecule has 1 fully saturated rings. The van der Waals surface area contributed by atoms with Crippen molar-refractivity contribution in [3.8, 4) is 11.5 Å². The van der Waals surface area contributed by atoms with Gasteiger partial charge in [-0.2, -0.15) is 0 Å². The molecule has 0 bridgehead atoms. The maximum absolute atomic E-state index is 12.8. The number of benzene rings is 1. The van der Waals surface area contributed by atoms with Crippen molar-refractivity contribution in [2.45, 2.75) is 51.3 Å². The molecule has 1 aromatic rings. The largest absolute Gasteiger partial charge is 0.504 e. The normalized spacial score (nSPS) is 18.5. The number of phenolic OH excluding ortho intramolecular Hbond substituents is 2. The molecule has 28 heavy (non-hydrogen) atoms. The lowest BCUT2D eigenvalue weighted by molar-refractivity contribution is -0.136. The second-order valence-corrected chi connectivity index (χ2v) is 8.42. The summed E-state index contributed by atoms with van der Waals surface area (Å²) in [6.45, 7) is 4.09. The van der Waals surface area contributed by atoms with Crippen LogP contribution in [0.25, 0.3) is 0 Å². The lowest BCUT2D eigenvalue weighted by Crippen LogP contribution is -2.51. The zero-order valence-electron chi connectivity index (χ0n) is 15.9. The van der Waals surface area contributed by atoms with Crippen molar-refractivity contribution in [1.29, 1.82) is 0 Å². The SMILES string of the molecule is CCSC(=O)C1CCCN1C(=O)C(C)NC(=S)C(O)Cc1ccc(O)c(O)c1. The number of aliphatic hydroxyl groups is 1. The van der Waals surface area contributed by atoms with E-state index in [1.54, 1.807) is 17.9 Å². The number of aliphatic hydroxyl groups excluding tert-OH is 1.